The maximum atomic E-state index is 13.0. The van der Waals surface area contributed by atoms with E-state index >= 15 is 0 Å². The van der Waals surface area contributed by atoms with E-state index in [1.165, 1.54) is 17.0 Å². The minimum atomic E-state index is -0.959. The lowest BCUT2D eigenvalue weighted by atomic mass is 10.2. The molecule has 0 radical (unpaired) electrons. The number of hydrogen-bond donors (Lipinski definition) is 2. The highest BCUT2D eigenvalue weighted by Crippen LogP contribution is 2.28. The predicted octanol–water partition coefficient (Wildman–Crippen LogP) is 1.37. The van der Waals surface area contributed by atoms with Crippen LogP contribution in [0.25, 0.3) is 0 Å². The number of carboxylic acid groups (broad SMARTS) is 1. The summed E-state index contributed by atoms with van der Waals surface area (Å²) in [7, 11) is 0. The van der Waals surface area contributed by atoms with Gasteiger partial charge in [0.15, 0.2) is 0 Å². The van der Waals surface area contributed by atoms with E-state index in [1.54, 1.807) is 6.07 Å². The number of benzene rings is 1. The van der Waals surface area contributed by atoms with Gasteiger partial charge in [0.1, 0.15) is 5.82 Å². The van der Waals surface area contributed by atoms with Gasteiger partial charge in [0.25, 0.3) is 0 Å². The molecule has 2 rings (SSSR count). The van der Waals surface area contributed by atoms with Crippen LogP contribution in [0.3, 0.4) is 0 Å². The lowest BCUT2D eigenvalue weighted by Gasteiger charge is -2.17. The summed E-state index contributed by atoms with van der Waals surface area (Å²) in [4.78, 5) is 23.6. The Balaban J connectivity index is 2.00. The number of nitrogens with one attached hydrogen (secondary N) is 1. The zero-order chi connectivity index (χ0) is 13.1. The molecular formula is C12H13FN2O3. The van der Waals surface area contributed by atoms with E-state index in [2.05, 4.69) is 5.32 Å². The normalized spacial score (nSPS) is 13.3. The molecule has 6 heteroatoms. The molecule has 2 amide bonds. The number of aliphatic carboxylic acids is 1. The fourth-order valence-electron chi connectivity index (χ4n) is 1.95. The zero-order valence-corrected chi connectivity index (χ0v) is 9.65. The Morgan fingerprint density at radius 3 is 2.94 bits per heavy atom. The number of rotatable bonds is 3. The van der Waals surface area contributed by atoms with Crippen molar-refractivity contribution >= 4 is 17.7 Å². The van der Waals surface area contributed by atoms with E-state index in [0.717, 1.165) is 5.56 Å². The molecule has 1 heterocycles. The Hall–Kier alpha value is -2.11. The molecule has 0 saturated heterocycles. The SMILES string of the molecule is O=C(O)CCNC(=O)N1CCc2cc(F)ccc21. The number of anilines is 1. The van der Waals surface area contributed by atoms with E-state index in [1.807, 2.05) is 0 Å². The molecule has 0 fully saturated rings. The van der Waals surface area contributed by atoms with Crippen molar-refractivity contribution in [3.05, 3.63) is 29.6 Å². The van der Waals surface area contributed by atoms with Crippen LogP contribution in [0.5, 0.6) is 0 Å². The van der Waals surface area contributed by atoms with Gasteiger partial charge in [-0.25, -0.2) is 9.18 Å². The minimum absolute atomic E-state index is 0.0845. The van der Waals surface area contributed by atoms with Crippen molar-refractivity contribution in [2.45, 2.75) is 12.8 Å². The molecule has 1 aromatic rings. The van der Waals surface area contributed by atoms with E-state index in [0.29, 0.717) is 18.7 Å². The Bertz CT molecular complexity index is 490. The highest BCUT2D eigenvalue weighted by atomic mass is 19.1. The number of carbonyl (C=O) groups is 2. The second-order valence-corrected chi connectivity index (χ2v) is 4.05. The fraction of sp³-hybridized carbons (Fsp3) is 0.333. The summed E-state index contributed by atoms with van der Waals surface area (Å²) in [6.45, 7) is 0.568. The number of hydrogen-bond acceptors (Lipinski definition) is 2. The first-order valence-corrected chi connectivity index (χ1v) is 5.63. The van der Waals surface area contributed by atoms with Crippen LogP contribution >= 0.6 is 0 Å². The van der Waals surface area contributed by atoms with Crippen molar-refractivity contribution in [2.75, 3.05) is 18.0 Å². The van der Waals surface area contributed by atoms with Gasteiger partial charge >= 0.3 is 12.0 Å². The molecule has 18 heavy (non-hydrogen) atoms. The average molecular weight is 252 g/mol. The Morgan fingerprint density at radius 2 is 2.22 bits per heavy atom. The van der Waals surface area contributed by atoms with Crippen molar-refractivity contribution in [1.82, 2.24) is 5.32 Å². The second-order valence-electron chi connectivity index (χ2n) is 4.05. The quantitative estimate of drug-likeness (QED) is 0.853. The van der Waals surface area contributed by atoms with Gasteiger partial charge in [0.2, 0.25) is 0 Å². The summed E-state index contributed by atoms with van der Waals surface area (Å²) in [5.41, 5.74) is 1.48. The van der Waals surface area contributed by atoms with Gasteiger partial charge in [-0.05, 0) is 30.2 Å². The Kier molecular flexibility index (Phi) is 3.45. The smallest absolute Gasteiger partial charge is 0.321 e. The lowest BCUT2D eigenvalue weighted by Crippen LogP contribution is -2.39. The molecule has 0 aliphatic carbocycles. The number of carboxylic acids is 1. The van der Waals surface area contributed by atoms with Gasteiger partial charge in [-0.2, -0.15) is 0 Å². The number of halogens is 1. The van der Waals surface area contributed by atoms with Crippen LogP contribution in [0.1, 0.15) is 12.0 Å². The van der Waals surface area contributed by atoms with Gasteiger partial charge in [-0.1, -0.05) is 0 Å². The lowest BCUT2D eigenvalue weighted by molar-refractivity contribution is -0.136. The standard InChI is InChI=1S/C12H13FN2O3/c13-9-1-2-10-8(7-9)4-6-15(10)12(18)14-5-3-11(16)17/h1-2,7H,3-6H2,(H,14,18)(H,16,17). The van der Waals surface area contributed by atoms with Crippen LogP contribution < -0.4 is 10.2 Å². The highest BCUT2D eigenvalue weighted by molar-refractivity contribution is 5.94. The molecule has 1 aliphatic rings. The van der Waals surface area contributed by atoms with Gasteiger partial charge in [0.05, 0.1) is 6.42 Å². The predicted molar refractivity (Wildman–Crippen MR) is 63.1 cm³/mol. The summed E-state index contributed by atoms with van der Waals surface area (Å²) in [5.74, 6) is -1.28. The molecule has 0 saturated carbocycles. The molecule has 0 unspecified atom stereocenters. The topological polar surface area (TPSA) is 69.6 Å². The molecule has 0 aromatic heterocycles. The zero-order valence-electron chi connectivity index (χ0n) is 9.65. The van der Waals surface area contributed by atoms with Crippen molar-refractivity contribution in [2.24, 2.45) is 0 Å². The van der Waals surface area contributed by atoms with Crippen LogP contribution in [0, 0.1) is 5.82 Å². The molecule has 96 valence electrons. The first-order chi connectivity index (χ1) is 8.58. The number of nitrogens with zero attached hydrogens (tertiary/aromatic N) is 1. The third kappa shape index (κ3) is 2.58. The maximum Gasteiger partial charge on any atom is 0.321 e. The van der Waals surface area contributed by atoms with Gasteiger partial charge in [0, 0.05) is 18.8 Å². The van der Waals surface area contributed by atoms with Gasteiger partial charge < -0.3 is 10.4 Å². The van der Waals surface area contributed by atoms with Crippen molar-refractivity contribution in [3.63, 3.8) is 0 Å². The highest BCUT2D eigenvalue weighted by Gasteiger charge is 2.24. The van der Waals surface area contributed by atoms with Gasteiger partial charge in [-0.3, -0.25) is 9.69 Å². The van der Waals surface area contributed by atoms with Crippen LogP contribution in [0.2, 0.25) is 0 Å². The molecule has 0 spiro atoms. The van der Waals surface area contributed by atoms with E-state index in [4.69, 9.17) is 5.11 Å². The minimum Gasteiger partial charge on any atom is -0.481 e. The first kappa shape index (κ1) is 12.3. The number of urea groups is 1. The Labute approximate surface area is 103 Å². The van der Waals surface area contributed by atoms with Crippen LogP contribution in [0.4, 0.5) is 14.9 Å². The number of fused-ring (bicyclic) bond motifs is 1. The van der Waals surface area contributed by atoms with E-state index < -0.39 is 5.97 Å². The molecule has 2 N–H and O–H groups in total. The fourth-order valence-corrected chi connectivity index (χ4v) is 1.95. The molecule has 1 aliphatic heterocycles. The molecule has 0 atom stereocenters. The first-order valence-electron chi connectivity index (χ1n) is 5.63. The largest absolute Gasteiger partial charge is 0.481 e. The van der Waals surface area contributed by atoms with Crippen molar-refractivity contribution in [3.8, 4) is 0 Å². The average Bonchev–Trinajstić information content (AvgIpc) is 2.71. The van der Waals surface area contributed by atoms with Crippen LogP contribution in [0.15, 0.2) is 18.2 Å². The summed E-state index contributed by atoms with van der Waals surface area (Å²) < 4.78 is 13.0. The van der Waals surface area contributed by atoms with Crippen LogP contribution in [-0.2, 0) is 11.2 Å². The van der Waals surface area contributed by atoms with Crippen LogP contribution in [-0.4, -0.2) is 30.2 Å². The van der Waals surface area contributed by atoms with Crippen molar-refractivity contribution in [1.29, 1.82) is 0 Å². The number of amides is 2. The summed E-state index contributed by atoms with van der Waals surface area (Å²) >= 11 is 0. The number of carbonyl (C=O) groups excluding carboxylic acids is 1. The monoisotopic (exact) mass is 252 g/mol. The molecule has 5 nitrogen and oxygen atoms in total. The second kappa shape index (κ2) is 5.03. The van der Waals surface area contributed by atoms with Gasteiger partial charge in [-0.15, -0.1) is 0 Å². The maximum absolute atomic E-state index is 13.0. The molecular weight excluding hydrogens is 239 g/mol. The Morgan fingerprint density at radius 1 is 1.44 bits per heavy atom. The van der Waals surface area contributed by atoms with Crippen molar-refractivity contribution < 1.29 is 19.1 Å². The molecule has 1 aromatic carbocycles. The molecule has 0 bridgehead atoms. The van der Waals surface area contributed by atoms with E-state index in [9.17, 15) is 14.0 Å². The van der Waals surface area contributed by atoms with E-state index in [-0.39, 0.29) is 24.8 Å². The summed E-state index contributed by atoms with van der Waals surface area (Å²) in [6, 6.07) is 3.94. The summed E-state index contributed by atoms with van der Waals surface area (Å²) in [5, 5.41) is 11.0. The third-order valence-corrected chi connectivity index (χ3v) is 2.80. The third-order valence-electron chi connectivity index (χ3n) is 2.80. The summed E-state index contributed by atoms with van der Waals surface area (Å²) in [6.07, 6.45) is 0.495.